The lowest BCUT2D eigenvalue weighted by Crippen LogP contribution is -2.32. The molecule has 106 valence electrons. The lowest BCUT2D eigenvalue weighted by atomic mass is 10.1. The van der Waals surface area contributed by atoms with Gasteiger partial charge >= 0.3 is 0 Å². The van der Waals surface area contributed by atoms with Crippen LogP contribution in [0.15, 0.2) is 23.1 Å². The van der Waals surface area contributed by atoms with Crippen LogP contribution in [0.25, 0.3) is 0 Å². The smallest absolute Gasteiger partial charge is 0.244 e. The van der Waals surface area contributed by atoms with Gasteiger partial charge in [0.1, 0.15) is 16.5 Å². The van der Waals surface area contributed by atoms with Crippen molar-refractivity contribution >= 4 is 10.0 Å². The van der Waals surface area contributed by atoms with Crippen molar-refractivity contribution < 1.29 is 22.7 Å². The third kappa shape index (κ3) is 3.05. The van der Waals surface area contributed by atoms with Gasteiger partial charge in [-0.15, -0.1) is 0 Å². The van der Waals surface area contributed by atoms with E-state index in [0.29, 0.717) is 0 Å². The molecule has 1 aromatic carbocycles. The maximum Gasteiger partial charge on any atom is 0.244 e. The summed E-state index contributed by atoms with van der Waals surface area (Å²) >= 11 is 0. The van der Waals surface area contributed by atoms with E-state index in [2.05, 4.69) is 4.72 Å². The summed E-state index contributed by atoms with van der Waals surface area (Å²) < 4.78 is 44.7. The summed E-state index contributed by atoms with van der Waals surface area (Å²) in [6, 6.07) is 3.32. The number of sulfonamides is 1. The van der Waals surface area contributed by atoms with Crippen molar-refractivity contribution in [3.8, 4) is 5.75 Å². The fourth-order valence-corrected chi connectivity index (χ4v) is 3.09. The molecule has 0 saturated heterocycles. The molecule has 1 fully saturated rings. The van der Waals surface area contributed by atoms with Crippen molar-refractivity contribution in [2.75, 3.05) is 20.3 Å². The summed E-state index contributed by atoms with van der Waals surface area (Å²) in [5, 5.41) is 9.15. The van der Waals surface area contributed by atoms with E-state index < -0.39 is 15.8 Å². The average Bonchev–Trinajstić information content (AvgIpc) is 3.17. The predicted octanol–water partition coefficient (Wildman–Crippen LogP) is 0.885. The summed E-state index contributed by atoms with van der Waals surface area (Å²) in [6.45, 7) is 0.0846. The topological polar surface area (TPSA) is 75.6 Å². The molecule has 0 atom stereocenters. The van der Waals surface area contributed by atoms with Crippen molar-refractivity contribution in [1.82, 2.24) is 4.72 Å². The normalized spacial score (nSPS) is 17.2. The van der Waals surface area contributed by atoms with E-state index in [9.17, 15) is 12.8 Å². The molecule has 0 aromatic heterocycles. The Kier molecular flexibility index (Phi) is 3.80. The highest BCUT2D eigenvalue weighted by Crippen LogP contribution is 2.44. The Morgan fingerprint density at radius 2 is 2.16 bits per heavy atom. The van der Waals surface area contributed by atoms with Crippen LogP contribution in [0.5, 0.6) is 5.75 Å². The zero-order valence-corrected chi connectivity index (χ0v) is 11.3. The minimum atomic E-state index is -3.85. The van der Waals surface area contributed by atoms with Gasteiger partial charge in [-0.1, -0.05) is 0 Å². The minimum absolute atomic E-state index is 0.0597. The van der Waals surface area contributed by atoms with Gasteiger partial charge in [0.2, 0.25) is 10.0 Å². The Bertz CT molecular complexity index is 569. The number of benzene rings is 1. The minimum Gasteiger partial charge on any atom is -0.495 e. The Morgan fingerprint density at radius 3 is 2.68 bits per heavy atom. The summed E-state index contributed by atoms with van der Waals surface area (Å²) in [7, 11) is -2.53. The molecule has 0 heterocycles. The molecule has 0 radical (unpaired) electrons. The van der Waals surface area contributed by atoms with E-state index in [4.69, 9.17) is 9.84 Å². The summed E-state index contributed by atoms with van der Waals surface area (Å²) in [4.78, 5) is -0.233. The van der Waals surface area contributed by atoms with Gasteiger partial charge in [-0.25, -0.2) is 17.5 Å². The zero-order chi connectivity index (χ0) is 14.1. The number of rotatable bonds is 6. The molecule has 2 rings (SSSR count). The molecule has 0 aliphatic heterocycles. The van der Waals surface area contributed by atoms with Gasteiger partial charge in [-0.05, 0) is 31.0 Å². The monoisotopic (exact) mass is 289 g/mol. The molecule has 0 bridgehead atoms. The molecule has 7 heteroatoms. The quantitative estimate of drug-likeness (QED) is 0.815. The van der Waals surface area contributed by atoms with Gasteiger partial charge in [0, 0.05) is 18.6 Å². The molecule has 1 saturated carbocycles. The molecule has 1 aliphatic rings. The molecule has 0 unspecified atom stereocenters. The van der Waals surface area contributed by atoms with Gasteiger partial charge in [-0.2, -0.15) is 0 Å². The number of hydrogen-bond acceptors (Lipinski definition) is 4. The Morgan fingerprint density at radius 1 is 1.47 bits per heavy atom. The van der Waals surface area contributed by atoms with Crippen molar-refractivity contribution in [3.05, 3.63) is 24.0 Å². The molecule has 0 amide bonds. The van der Waals surface area contributed by atoms with Crippen molar-refractivity contribution in [2.45, 2.75) is 17.7 Å². The second-order valence-corrected chi connectivity index (χ2v) is 6.51. The van der Waals surface area contributed by atoms with Crippen LogP contribution in [0.1, 0.15) is 12.8 Å². The Hall–Kier alpha value is -1.18. The molecule has 2 N–H and O–H groups in total. The third-order valence-corrected chi connectivity index (χ3v) is 4.77. The lowest BCUT2D eigenvalue weighted by Gasteiger charge is -2.14. The average molecular weight is 289 g/mol. The molecule has 19 heavy (non-hydrogen) atoms. The van der Waals surface area contributed by atoms with Crippen molar-refractivity contribution in [2.24, 2.45) is 5.41 Å². The highest BCUT2D eigenvalue weighted by molar-refractivity contribution is 7.89. The van der Waals surface area contributed by atoms with Crippen molar-refractivity contribution in [3.63, 3.8) is 0 Å². The maximum atomic E-state index is 13.2. The third-order valence-electron chi connectivity index (χ3n) is 3.34. The number of hydrogen-bond donors (Lipinski definition) is 2. The van der Waals surface area contributed by atoms with Crippen LogP contribution in [-0.4, -0.2) is 33.8 Å². The first kappa shape index (κ1) is 14.2. The highest BCUT2D eigenvalue weighted by atomic mass is 32.2. The van der Waals surface area contributed by atoms with Crippen LogP contribution in [0.2, 0.25) is 0 Å². The maximum absolute atomic E-state index is 13.2. The van der Waals surface area contributed by atoms with E-state index in [0.717, 1.165) is 25.0 Å². The van der Waals surface area contributed by atoms with E-state index in [1.165, 1.54) is 13.2 Å². The molecular weight excluding hydrogens is 273 g/mol. The molecule has 5 nitrogen and oxygen atoms in total. The van der Waals surface area contributed by atoms with E-state index in [1.807, 2.05) is 0 Å². The van der Waals surface area contributed by atoms with E-state index >= 15 is 0 Å². The predicted molar refractivity (Wildman–Crippen MR) is 66.9 cm³/mol. The summed E-state index contributed by atoms with van der Waals surface area (Å²) in [5.41, 5.74) is -0.354. The SMILES string of the molecule is COc1ccc(F)cc1S(=O)(=O)NCC1(CO)CC1. The van der Waals surface area contributed by atoms with Crippen LogP contribution in [0.4, 0.5) is 4.39 Å². The largest absolute Gasteiger partial charge is 0.495 e. The Balaban J connectivity index is 2.21. The Labute approximate surface area is 111 Å². The van der Waals surface area contributed by atoms with Gasteiger partial charge in [-0.3, -0.25) is 0 Å². The number of nitrogens with one attached hydrogen (secondary N) is 1. The second kappa shape index (κ2) is 5.07. The first-order valence-corrected chi connectivity index (χ1v) is 7.35. The fraction of sp³-hybridized carbons (Fsp3) is 0.500. The van der Waals surface area contributed by atoms with Crippen molar-refractivity contribution in [1.29, 1.82) is 0 Å². The summed E-state index contributed by atoms with van der Waals surface area (Å²) in [5.74, 6) is -0.563. The van der Waals surface area contributed by atoms with Crippen LogP contribution in [-0.2, 0) is 10.0 Å². The second-order valence-electron chi connectivity index (χ2n) is 4.78. The van der Waals surface area contributed by atoms with Crippen LogP contribution in [0.3, 0.4) is 0 Å². The standard InChI is InChI=1S/C12H16FNO4S/c1-18-10-3-2-9(13)6-11(10)19(16,17)14-7-12(8-15)4-5-12/h2-3,6,14-15H,4-5,7-8H2,1H3. The lowest BCUT2D eigenvalue weighted by molar-refractivity contribution is 0.213. The molecule has 0 spiro atoms. The summed E-state index contributed by atoms with van der Waals surface area (Å²) in [6.07, 6.45) is 1.57. The van der Waals surface area contributed by atoms with Crippen LogP contribution in [0, 0.1) is 11.2 Å². The highest BCUT2D eigenvalue weighted by Gasteiger charge is 2.42. The first-order chi connectivity index (χ1) is 8.92. The number of methoxy groups -OCH3 is 1. The number of aliphatic hydroxyl groups is 1. The molecule has 1 aromatic rings. The number of halogens is 1. The fourth-order valence-electron chi connectivity index (χ4n) is 1.75. The van der Waals surface area contributed by atoms with Gasteiger partial charge in [0.05, 0.1) is 7.11 Å². The van der Waals surface area contributed by atoms with Gasteiger partial charge < -0.3 is 9.84 Å². The molecule has 1 aliphatic carbocycles. The van der Waals surface area contributed by atoms with Crippen LogP contribution >= 0.6 is 0 Å². The first-order valence-electron chi connectivity index (χ1n) is 5.86. The van der Waals surface area contributed by atoms with E-state index in [1.54, 1.807) is 0 Å². The van der Waals surface area contributed by atoms with Gasteiger partial charge in [0.25, 0.3) is 0 Å². The number of aliphatic hydroxyl groups excluding tert-OH is 1. The molecular formula is C12H16FNO4S. The number of ether oxygens (including phenoxy) is 1. The van der Waals surface area contributed by atoms with Crippen LogP contribution < -0.4 is 9.46 Å². The zero-order valence-electron chi connectivity index (χ0n) is 10.5. The van der Waals surface area contributed by atoms with E-state index in [-0.39, 0.29) is 29.2 Å². The van der Waals surface area contributed by atoms with Gasteiger partial charge in [0.15, 0.2) is 0 Å².